The van der Waals surface area contributed by atoms with E-state index < -0.39 is 0 Å². The van der Waals surface area contributed by atoms with Crippen LogP contribution in [0.5, 0.6) is 0 Å². The Kier molecular flexibility index (Phi) is 2.79. The molecule has 3 heteroatoms. The molecule has 2 heterocycles. The molecule has 0 N–H and O–H groups in total. The van der Waals surface area contributed by atoms with Crippen molar-refractivity contribution in [1.29, 1.82) is 0 Å². The standard InChI is InChI=1S/C21H15N3/c1-2-7-16(8-3-1)24-20-10-5-4-9-18(20)19-12-11-17(15-21(19)24)23-14-6-13-22-23/h1-15H. The average molecular weight is 309 g/mol. The van der Waals surface area contributed by atoms with Crippen LogP contribution in [0.4, 0.5) is 0 Å². The largest absolute Gasteiger partial charge is 0.309 e. The first-order valence-electron chi connectivity index (χ1n) is 8.00. The quantitative estimate of drug-likeness (QED) is 0.451. The number of nitrogens with zero attached hydrogens (tertiary/aromatic N) is 3. The Labute approximate surface area is 139 Å². The highest BCUT2D eigenvalue weighted by atomic mass is 15.3. The van der Waals surface area contributed by atoms with E-state index in [1.165, 1.54) is 27.5 Å². The highest BCUT2D eigenvalue weighted by Gasteiger charge is 2.12. The Morgan fingerprint density at radius 1 is 0.625 bits per heavy atom. The number of rotatable bonds is 2. The normalized spacial score (nSPS) is 11.3. The van der Waals surface area contributed by atoms with Gasteiger partial charge in [-0.25, -0.2) is 4.68 Å². The van der Waals surface area contributed by atoms with Crippen molar-refractivity contribution in [2.24, 2.45) is 0 Å². The van der Waals surface area contributed by atoms with E-state index >= 15 is 0 Å². The van der Waals surface area contributed by atoms with Gasteiger partial charge in [0, 0.05) is 28.9 Å². The van der Waals surface area contributed by atoms with E-state index in [9.17, 15) is 0 Å². The molecule has 0 radical (unpaired) electrons. The molecule has 0 amide bonds. The third kappa shape index (κ3) is 1.88. The van der Waals surface area contributed by atoms with Gasteiger partial charge in [0.15, 0.2) is 0 Å². The zero-order valence-corrected chi connectivity index (χ0v) is 13.0. The lowest BCUT2D eigenvalue weighted by Crippen LogP contribution is -1.96. The maximum atomic E-state index is 4.36. The first-order chi connectivity index (χ1) is 11.9. The van der Waals surface area contributed by atoms with Crippen LogP contribution in [0, 0.1) is 0 Å². The molecule has 0 unspecified atom stereocenters. The summed E-state index contributed by atoms with van der Waals surface area (Å²) in [5, 5.41) is 6.88. The number of fused-ring (bicyclic) bond motifs is 3. The number of hydrogen-bond acceptors (Lipinski definition) is 1. The average Bonchev–Trinajstić information content (AvgIpc) is 3.28. The molecular formula is C21H15N3. The molecule has 24 heavy (non-hydrogen) atoms. The minimum atomic E-state index is 1.06. The Bertz CT molecular complexity index is 1140. The van der Waals surface area contributed by atoms with E-state index in [1.54, 1.807) is 6.20 Å². The monoisotopic (exact) mass is 309 g/mol. The van der Waals surface area contributed by atoms with Crippen LogP contribution in [0.1, 0.15) is 0 Å². The summed E-state index contributed by atoms with van der Waals surface area (Å²) in [5.74, 6) is 0. The van der Waals surface area contributed by atoms with Crippen LogP contribution >= 0.6 is 0 Å². The molecule has 0 bridgehead atoms. The molecular weight excluding hydrogens is 294 g/mol. The van der Waals surface area contributed by atoms with E-state index in [1.807, 2.05) is 23.0 Å². The highest BCUT2D eigenvalue weighted by Crippen LogP contribution is 2.32. The molecule has 0 aliphatic heterocycles. The number of para-hydroxylation sites is 2. The van der Waals surface area contributed by atoms with Crippen molar-refractivity contribution < 1.29 is 0 Å². The fourth-order valence-electron chi connectivity index (χ4n) is 3.38. The maximum Gasteiger partial charge on any atom is 0.0666 e. The number of benzene rings is 3. The van der Waals surface area contributed by atoms with Crippen LogP contribution in [0.15, 0.2) is 91.3 Å². The van der Waals surface area contributed by atoms with Gasteiger partial charge in [0.25, 0.3) is 0 Å². The lowest BCUT2D eigenvalue weighted by molar-refractivity contribution is 0.881. The van der Waals surface area contributed by atoms with Gasteiger partial charge in [0.2, 0.25) is 0 Å². The topological polar surface area (TPSA) is 22.8 Å². The van der Waals surface area contributed by atoms with Gasteiger partial charge in [0.05, 0.1) is 16.7 Å². The summed E-state index contributed by atoms with van der Waals surface area (Å²) in [4.78, 5) is 0. The minimum absolute atomic E-state index is 1.06. The van der Waals surface area contributed by atoms with Gasteiger partial charge in [-0.15, -0.1) is 0 Å². The molecule has 0 saturated carbocycles. The fourth-order valence-corrected chi connectivity index (χ4v) is 3.38. The fraction of sp³-hybridized carbons (Fsp3) is 0. The van der Waals surface area contributed by atoms with Crippen molar-refractivity contribution in [3.8, 4) is 11.4 Å². The van der Waals surface area contributed by atoms with Gasteiger partial charge in [-0.3, -0.25) is 0 Å². The lowest BCUT2D eigenvalue weighted by atomic mass is 10.1. The van der Waals surface area contributed by atoms with Crippen molar-refractivity contribution in [2.75, 3.05) is 0 Å². The summed E-state index contributed by atoms with van der Waals surface area (Å²) in [7, 11) is 0. The molecule has 0 atom stereocenters. The first kappa shape index (κ1) is 13.1. The summed E-state index contributed by atoms with van der Waals surface area (Å²) >= 11 is 0. The Hall–Kier alpha value is -3.33. The zero-order chi connectivity index (χ0) is 15.9. The predicted octanol–water partition coefficient (Wildman–Crippen LogP) is 4.97. The summed E-state index contributed by atoms with van der Waals surface area (Å²) < 4.78 is 4.21. The van der Waals surface area contributed by atoms with E-state index in [4.69, 9.17) is 0 Å². The number of hydrogen-bond donors (Lipinski definition) is 0. The van der Waals surface area contributed by atoms with E-state index in [0.717, 1.165) is 5.69 Å². The second-order valence-electron chi connectivity index (χ2n) is 5.84. The second kappa shape index (κ2) is 5.10. The first-order valence-corrected chi connectivity index (χ1v) is 8.00. The minimum Gasteiger partial charge on any atom is -0.309 e. The maximum absolute atomic E-state index is 4.36. The molecule has 0 fully saturated rings. The highest BCUT2D eigenvalue weighted by molar-refractivity contribution is 6.09. The Morgan fingerprint density at radius 2 is 1.42 bits per heavy atom. The Morgan fingerprint density at radius 3 is 2.25 bits per heavy atom. The molecule has 0 aliphatic rings. The third-order valence-corrected chi connectivity index (χ3v) is 4.44. The summed E-state index contributed by atoms with van der Waals surface area (Å²) in [6.07, 6.45) is 3.77. The van der Waals surface area contributed by atoms with Crippen molar-refractivity contribution in [3.05, 3.63) is 91.3 Å². The van der Waals surface area contributed by atoms with Gasteiger partial charge < -0.3 is 4.57 Å². The molecule has 0 spiro atoms. The zero-order valence-electron chi connectivity index (χ0n) is 13.0. The number of aromatic nitrogens is 3. The van der Waals surface area contributed by atoms with Crippen LogP contribution in [-0.4, -0.2) is 14.3 Å². The van der Waals surface area contributed by atoms with Crippen LogP contribution < -0.4 is 0 Å². The SMILES string of the molecule is c1ccc(-n2c3ccccc3c3ccc(-n4cccn4)cc32)cc1. The summed E-state index contributed by atoms with van der Waals surface area (Å²) in [6.45, 7) is 0. The summed E-state index contributed by atoms with van der Waals surface area (Å²) in [6, 6.07) is 27.5. The molecule has 5 aromatic rings. The molecule has 0 aliphatic carbocycles. The van der Waals surface area contributed by atoms with Crippen molar-refractivity contribution >= 4 is 21.8 Å². The predicted molar refractivity (Wildman–Crippen MR) is 97.9 cm³/mol. The van der Waals surface area contributed by atoms with Crippen molar-refractivity contribution in [1.82, 2.24) is 14.3 Å². The molecule has 3 nitrogen and oxygen atoms in total. The molecule has 3 aromatic carbocycles. The molecule has 114 valence electrons. The van der Waals surface area contributed by atoms with Gasteiger partial charge in [-0.1, -0.05) is 42.5 Å². The molecule has 5 rings (SSSR count). The Balaban J connectivity index is 1.91. The third-order valence-electron chi connectivity index (χ3n) is 4.44. The second-order valence-corrected chi connectivity index (χ2v) is 5.84. The van der Waals surface area contributed by atoms with Gasteiger partial charge in [0.1, 0.15) is 0 Å². The van der Waals surface area contributed by atoms with Gasteiger partial charge >= 0.3 is 0 Å². The smallest absolute Gasteiger partial charge is 0.0666 e. The molecule has 2 aromatic heterocycles. The van der Waals surface area contributed by atoms with E-state index in [-0.39, 0.29) is 0 Å². The lowest BCUT2D eigenvalue weighted by Gasteiger charge is -2.08. The van der Waals surface area contributed by atoms with Gasteiger partial charge in [-0.05, 0) is 36.4 Å². The van der Waals surface area contributed by atoms with Crippen LogP contribution in [0.3, 0.4) is 0 Å². The van der Waals surface area contributed by atoms with E-state index in [2.05, 4.69) is 76.4 Å². The van der Waals surface area contributed by atoms with E-state index in [0.29, 0.717) is 0 Å². The molecule has 0 saturated heterocycles. The summed E-state index contributed by atoms with van der Waals surface area (Å²) in [5.41, 5.74) is 4.64. The van der Waals surface area contributed by atoms with Crippen molar-refractivity contribution in [2.45, 2.75) is 0 Å². The van der Waals surface area contributed by atoms with Crippen molar-refractivity contribution in [3.63, 3.8) is 0 Å². The van der Waals surface area contributed by atoms with Gasteiger partial charge in [-0.2, -0.15) is 5.10 Å². The van der Waals surface area contributed by atoms with Crippen LogP contribution in [0.2, 0.25) is 0 Å². The van der Waals surface area contributed by atoms with Crippen LogP contribution in [-0.2, 0) is 0 Å². The van der Waals surface area contributed by atoms with Crippen LogP contribution in [0.25, 0.3) is 33.2 Å².